The third kappa shape index (κ3) is 6.13. The largest absolute Gasteiger partial charge is 0.480 e. The maximum Gasteiger partial charge on any atom is 0.326 e. The highest BCUT2D eigenvalue weighted by Crippen LogP contribution is 2.31. The third-order valence-corrected chi connectivity index (χ3v) is 7.17. The van der Waals surface area contributed by atoms with Crippen molar-refractivity contribution in [3.8, 4) is 11.1 Å². The van der Waals surface area contributed by atoms with E-state index in [-0.39, 0.29) is 17.7 Å². The van der Waals surface area contributed by atoms with E-state index in [4.69, 9.17) is 0 Å². The lowest BCUT2D eigenvalue weighted by atomic mass is 10.00. The number of unbranched alkanes of at least 4 members (excludes halogenated alkanes) is 3. The zero-order chi connectivity index (χ0) is 27.2. The van der Waals surface area contributed by atoms with Crippen molar-refractivity contribution in [2.75, 3.05) is 5.32 Å². The predicted octanol–water partition coefficient (Wildman–Crippen LogP) is 6.79. The number of anilines is 1. The number of carboxylic acid groups (broad SMARTS) is 1. The molecular formula is C32H36N2O4. The van der Waals surface area contributed by atoms with Gasteiger partial charge in [-0.15, -0.1) is 0 Å². The van der Waals surface area contributed by atoms with E-state index in [1.807, 2.05) is 80.6 Å². The van der Waals surface area contributed by atoms with E-state index in [1.165, 1.54) is 36.1 Å². The van der Waals surface area contributed by atoms with Gasteiger partial charge in [-0.25, -0.2) is 4.79 Å². The van der Waals surface area contributed by atoms with Crippen LogP contribution in [-0.2, 0) is 17.8 Å². The predicted molar refractivity (Wildman–Crippen MR) is 150 cm³/mol. The maximum absolute atomic E-state index is 13.1. The number of benzene rings is 3. The normalized spacial score (nSPS) is 13.5. The maximum atomic E-state index is 13.1. The summed E-state index contributed by atoms with van der Waals surface area (Å²) in [6.07, 6.45) is 5.92. The molecule has 1 atom stereocenters. The Kier molecular flexibility index (Phi) is 8.62. The topological polar surface area (TPSA) is 86.7 Å². The minimum atomic E-state index is -0.989. The number of aryl methyl sites for hydroxylation is 1. The lowest BCUT2D eigenvalue weighted by Crippen LogP contribution is -2.44. The van der Waals surface area contributed by atoms with Crippen molar-refractivity contribution in [2.24, 2.45) is 5.92 Å². The number of aliphatic carboxylic acids is 1. The SMILES string of the molecule is CCCCCCc1ccc(C(=O)Nc2ccc(-c3ccc4c(c3)C(=O)N([C@H](C(=O)O)C(C)C)C4)cc2)cc1. The van der Waals surface area contributed by atoms with Gasteiger partial charge in [0.05, 0.1) is 0 Å². The molecular weight excluding hydrogens is 476 g/mol. The van der Waals surface area contributed by atoms with Crippen molar-refractivity contribution in [2.45, 2.75) is 65.5 Å². The smallest absolute Gasteiger partial charge is 0.326 e. The van der Waals surface area contributed by atoms with Crippen molar-refractivity contribution in [3.63, 3.8) is 0 Å². The first-order chi connectivity index (χ1) is 18.3. The molecule has 0 saturated heterocycles. The second kappa shape index (κ2) is 12.1. The van der Waals surface area contributed by atoms with E-state index < -0.39 is 12.0 Å². The molecule has 0 fully saturated rings. The minimum absolute atomic E-state index is 0.156. The van der Waals surface area contributed by atoms with Crippen molar-refractivity contribution >= 4 is 23.5 Å². The van der Waals surface area contributed by atoms with Crippen LogP contribution in [0.1, 0.15) is 78.3 Å². The number of amides is 2. The van der Waals surface area contributed by atoms with E-state index in [0.29, 0.717) is 23.4 Å². The molecule has 38 heavy (non-hydrogen) atoms. The number of hydrogen-bond donors (Lipinski definition) is 2. The summed E-state index contributed by atoms with van der Waals surface area (Å²) in [5.41, 5.74) is 5.70. The fourth-order valence-corrected chi connectivity index (χ4v) is 5.03. The molecule has 198 valence electrons. The zero-order valence-corrected chi connectivity index (χ0v) is 22.4. The van der Waals surface area contributed by atoms with Gasteiger partial charge in [0, 0.05) is 23.4 Å². The number of nitrogens with one attached hydrogen (secondary N) is 1. The van der Waals surface area contributed by atoms with Crippen LogP contribution in [0.25, 0.3) is 11.1 Å². The summed E-state index contributed by atoms with van der Waals surface area (Å²) in [6, 6.07) is 20.1. The molecule has 6 heteroatoms. The Morgan fingerprint density at radius 2 is 1.61 bits per heavy atom. The van der Waals surface area contributed by atoms with Gasteiger partial charge in [0.15, 0.2) is 0 Å². The average molecular weight is 513 g/mol. The molecule has 3 aromatic rings. The lowest BCUT2D eigenvalue weighted by Gasteiger charge is -2.27. The fourth-order valence-electron chi connectivity index (χ4n) is 5.03. The summed E-state index contributed by atoms with van der Waals surface area (Å²) < 4.78 is 0. The Morgan fingerprint density at radius 3 is 2.24 bits per heavy atom. The highest BCUT2D eigenvalue weighted by atomic mass is 16.4. The van der Waals surface area contributed by atoms with Gasteiger partial charge in [-0.05, 0) is 71.3 Å². The molecule has 1 aliphatic rings. The molecule has 0 aliphatic carbocycles. The summed E-state index contributed by atoms with van der Waals surface area (Å²) >= 11 is 0. The molecule has 2 N–H and O–H groups in total. The van der Waals surface area contributed by atoms with Crippen LogP contribution < -0.4 is 5.32 Å². The zero-order valence-electron chi connectivity index (χ0n) is 22.4. The van der Waals surface area contributed by atoms with Crippen molar-refractivity contribution in [1.29, 1.82) is 0 Å². The van der Waals surface area contributed by atoms with Crippen molar-refractivity contribution in [1.82, 2.24) is 4.90 Å². The van der Waals surface area contributed by atoms with Crippen LogP contribution in [0.2, 0.25) is 0 Å². The van der Waals surface area contributed by atoms with Crippen LogP contribution in [0.5, 0.6) is 0 Å². The second-order valence-electron chi connectivity index (χ2n) is 10.4. The van der Waals surface area contributed by atoms with Crippen LogP contribution in [0.3, 0.4) is 0 Å². The molecule has 0 bridgehead atoms. The van der Waals surface area contributed by atoms with Crippen LogP contribution >= 0.6 is 0 Å². The average Bonchev–Trinajstić information content (AvgIpc) is 3.22. The molecule has 0 unspecified atom stereocenters. The van der Waals surface area contributed by atoms with Gasteiger partial charge in [0.1, 0.15) is 6.04 Å². The van der Waals surface area contributed by atoms with Crippen LogP contribution in [-0.4, -0.2) is 33.8 Å². The monoisotopic (exact) mass is 512 g/mol. The van der Waals surface area contributed by atoms with E-state index in [2.05, 4.69) is 12.2 Å². The first kappa shape index (κ1) is 27.1. The Balaban J connectivity index is 1.40. The molecule has 3 aromatic carbocycles. The van der Waals surface area contributed by atoms with Gasteiger partial charge in [-0.1, -0.05) is 76.4 Å². The Morgan fingerprint density at radius 1 is 0.921 bits per heavy atom. The van der Waals surface area contributed by atoms with E-state index in [0.717, 1.165) is 23.1 Å². The molecule has 0 aromatic heterocycles. The minimum Gasteiger partial charge on any atom is -0.480 e. The number of carboxylic acids is 1. The number of nitrogens with zero attached hydrogens (tertiary/aromatic N) is 1. The van der Waals surface area contributed by atoms with Crippen LogP contribution in [0.15, 0.2) is 66.7 Å². The number of rotatable bonds is 11. The Hall–Kier alpha value is -3.93. The molecule has 1 heterocycles. The fraction of sp³-hybridized carbons (Fsp3) is 0.344. The summed E-state index contributed by atoms with van der Waals surface area (Å²) in [5, 5.41) is 12.6. The Labute approximate surface area is 224 Å². The van der Waals surface area contributed by atoms with E-state index in [9.17, 15) is 19.5 Å². The molecule has 0 spiro atoms. The Bertz CT molecular complexity index is 1300. The first-order valence-corrected chi connectivity index (χ1v) is 13.5. The summed E-state index contributed by atoms with van der Waals surface area (Å²) in [4.78, 5) is 39.0. The molecule has 4 rings (SSSR count). The number of fused-ring (bicyclic) bond motifs is 1. The third-order valence-electron chi connectivity index (χ3n) is 7.17. The molecule has 1 aliphatic heterocycles. The summed E-state index contributed by atoms with van der Waals surface area (Å²) in [7, 11) is 0. The summed E-state index contributed by atoms with van der Waals surface area (Å²) in [6.45, 7) is 6.13. The first-order valence-electron chi connectivity index (χ1n) is 13.5. The van der Waals surface area contributed by atoms with Crippen LogP contribution in [0.4, 0.5) is 5.69 Å². The van der Waals surface area contributed by atoms with Crippen molar-refractivity contribution < 1.29 is 19.5 Å². The molecule has 6 nitrogen and oxygen atoms in total. The lowest BCUT2D eigenvalue weighted by molar-refractivity contribution is -0.144. The highest BCUT2D eigenvalue weighted by Gasteiger charge is 2.38. The van der Waals surface area contributed by atoms with E-state index >= 15 is 0 Å². The molecule has 2 amide bonds. The van der Waals surface area contributed by atoms with Gasteiger partial charge in [0.25, 0.3) is 11.8 Å². The molecule has 0 saturated carbocycles. The standard InChI is InChI=1S/C32H36N2O4/c1-4-5-6-7-8-22-9-11-24(12-10-22)30(35)33-27-17-15-23(16-18-27)25-13-14-26-20-34(31(36)28(26)19-25)29(21(2)3)32(37)38/h9-19,21,29H,4-8,20H2,1-3H3,(H,33,35)(H,37,38)/t29-/m0/s1. The quantitative estimate of drug-likeness (QED) is 0.277. The van der Waals surface area contributed by atoms with Gasteiger partial charge < -0.3 is 15.3 Å². The van der Waals surface area contributed by atoms with Gasteiger partial charge in [0.2, 0.25) is 0 Å². The van der Waals surface area contributed by atoms with Gasteiger partial charge >= 0.3 is 5.97 Å². The van der Waals surface area contributed by atoms with Crippen molar-refractivity contribution in [3.05, 3.63) is 89.0 Å². The van der Waals surface area contributed by atoms with Gasteiger partial charge in [-0.2, -0.15) is 0 Å². The highest BCUT2D eigenvalue weighted by molar-refractivity contribution is 6.04. The number of carbonyl (C=O) groups excluding carboxylic acids is 2. The van der Waals surface area contributed by atoms with E-state index in [1.54, 1.807) is 0 Å². The second-order valence-corrected chi connectivity index (χ2v) is 10.4. The summed E-state index contributed by atoms with van der Waals surface area (Å²) in [5.74, 6) is -1.59. The molecule has 0 radical (unpaired) electrons. The number of hydrogen-bond acceptors (Lipinski definition) is 3. The van der Waals surface area contributed by atoms with Crippen LogP contribution in [0, 0.1) is 5.92 Å². The number of carbonyl (C=O) groups is 3. The van der Waals surface area contributed by atoms with Gasteiger partial charge in [-0.3, -0.25) is 9.59 Å².